The van der Waals surface area contributed by atoms with Crippen molar-refractivity contribution < 1.29 is 28.2 Å². The van der Waals surface area contributed by atoms with Gasteiger partial charge in [-0.15, -0.1) is 0 Å². The van der Waals surface area contributed by atoms with Crippen molar-refractivity contribution in [3.05, 3.63) is 47.0 Å². The van der Waals surface area contributed by atoms with Gasteiger partial charge in [0.1, 0.15) is 17.4 Å². The van der Waals surface area contributed by atoms with Crippen molar-refractivity contribution in [2.24, 2.45) is 5.92 Å². The first-order valence-corrected chi connectivity index (χ1v) is 10.7. The maximum atomic E-state index is 12.9. The SMILES string of the molecule is CC(O)c1nc2nc(C(=O)O)nc(N[C@H](C)C3CCC3)c2n1Cc1ccc(C(F)(F)F)cc1. The molecule has 1 aromatic carbocycles. The van der Waals surface area contributed by atoms with Crippen LogP contribution < -0.4 is 5.32 Å². The molecule has 1 fully saturated rings. The number of imidazole rings is 1. The van der Waals surface area contributed by atoms with Gasteiger partial charge in [-0.1, -0.05) is 18.6 Å². The van der Waals surface area contributed by atoms with Crippen LogP contribution in [0.2, 0.25) is 0 Å². The van der Waals surface area contributed by atoms with Crippen LogP contribution in [0.15, 0.2) is 24.3 Å². The average molecular weight is 463 g/mol. The van der Waals surface area contributed by atoms with Gasteiger partial charge in [-0.2, -0.15) is 13.2 Å². The molecule has 3 N–H and O–H groups in total. The highest BCUT2D eigenvalue weighted by atomic mass is 19.4. The number of aliphatic hydroxyl groups is 1. The number of carbonyl (C=O) groups is 1. The minimum Gasteiger partial charge on any atom is -0.475 e. The van der Waals surface area contributed by atoms with Crippen LogP contribution in [-0.2, 0) is 12.7 Å². The topological polar surface area (TPSA) is 113 Å². The lowest BCUT2D eigenvalue weighted by molar-refractivity contribution is -0.137. The molecule has 8 nitrogen and oxygen atoms in total. The number of anilines is 1. The van der Waals surface area contributed by atoms with Crippen molar-refractivity contribution in [2.75, 3.05) is 5.32 Å². The number of aromatic carboxylic acids is 1. The zero-order valence-corrected chi connectivity index (χ0v) is 18.1. The summed E-state index contributed by atoms with van der Waals surface area (Å²) in [5.74, 6) is -0.843. The maximum absolute atomic E-state index is 12.9. The molecule has 2 atom stereocenters. The largest absolute Gasteiger partial charge is 0.475 e. The summed E-state index contributed by atoms with van der Waals surface area (Å²) >= 11 is 0. The quantitative estimate of drug-likeness (QED) is 0.480. The molecular formula is C22H24F3N5O3. The molecule has 0 spiro atoms. The van der Waals surface area contributed by atoms with E-state index in [9.17, 15) is 28.2 Å². The van der Waals surface area contributed by atoms with Crippen molar-refractivity contribution in [1.29, 1.82) is 0 Å². The van der Waals surface area contributed by atoms with Crippen LogP contribution in [0, 0.1) is 5.92 Å². The van der Waals surface area contributed by atoms with Crippen molar-refractivity contribution in [3.63, 3.8) is 0 Å². The first kappa shape index (κ1) is 23.0. The second kappa shape index (κ2) is 8.62. The van der Waals surface area contributed by atoms with Gasteiger partial charge in [-0.25, -0.2) is 19.7 Å². The van der Waals surface area contributed by atoms with Gasteiger partial charge in [0.2, 0.25) is 5.82 Å². The summed E-state index contributed by atoms with van der Waals surface area (Å²) in [5, 5.41) is 23.0. The number of hydrogen-bond donors (Lipinski definition) is 3. The van der Waals surface area contributed by atoms with E-state index >= 15 is 0 Å². The van der Waals surface area contributed by atoms with E-state index in [0.717, 1.165) is 31.4 Å². The van der Waals surface area contributed by atoms with E-state index in [1.807, 2.05) is 6.92 Å². The summed E-state index contributed by atoms with van der Waals surface area (Å²) in [6.45, 7) is 3.58. The predicted molar refractivity (Wildman–Crippen MR) is 114 cm³/mol. The molecule has 2 aromatic heterocycles. The molecule has 11 heteroatoms. The molecular weight excluding hydrogens is 439 g/mol. The maximum Gasteiger partial charge on any atom is 0.416 e. The summed E-state index contributed by atoms with van der Waals surface area (Å²) in [6.07, 6.45) is -2.23. The molecule has 176 valence electrons. The van der Waals surface area contributed by atoms with Gasteiger partial charge in [0, 0.05) is 12.6 Å². The molecule has 33 heavy (non-hydrogen) atoms. The van der Waals surface area contributed by atoms with Crippen LogP contribution in [0.25, 0.3) is 11.2 Å². The Morgan fingerprint density at radius 3 is 2.36 bits per heavy atom. The number of aliphatic hydroxyl groups excluding tert-OH is 1. The number of fused-ring (bicyclic) bond motifs is 1. The summed E-state index contributed by atoms with van der Waals surface area (Å²) in [5.41, 5.74) is 0.267. The molecule has 1 saturated carbocycles. The Kier molecular flexibility index (Phi) is 6.00. The van der Waals surface area contributed by atoms with Gasteiger partial charge >= 0.3 is 12.1 Å². The minimum absolute atomic E-state index is 0.0166. The zero-order chi connectivity index (χ0) is 23.9. The molecule has 0 bridgehead atoms. The Morgan fingerprint density at radius 1 is 1.18 bits per heavy atom. The van der Waals surface area contributed by atoms with Crippen molar-refractivity contribution in [3.8, 4) is 0 Å². The highest BCUT2D eigenvalue weighted by Gasteiger charge is 2.30. The van der Waals surface area contributed by atoms with Crippen LogP contribution in [0.1, 0.15) is 66.8 Å². The van der Waals surface area contributed by atoms with Crippen LogP contribution in [0.3, 0.4) is 0 Å². The predicted octanol–water partition coefficient (Wildman–Crippen LogP) is 4.25. The molecule has 0 aliphatic heterocycles. The zero-order valence-electron chi connectivity index (χ0n) is 18.1. The van der Waals surface area contributed by atoms with E-state index in [1.54, 1.807) is 4.57 Å². The monoisotopic (exact) mass is 463 g/mol. The summed E-state index contributed by atoms with van der Waals surface area (Å²) in [4.78, 5) is 24.1. The third kappa shape index (κ3) is 4.63. The lowest BCUT2D eigenvalue weighted by atomic mass is 9.80. The third-order valence-corrected chi connectivity index (χ3v) is 6.04. The lowest BCUT2D eigenvalue weighted by Gasteiger charge is -2.32. The van der Waals surface area contributed by atoms with E-state index in [4.69, 9.17) is 0 Å². The Hall–Kier alpha value is -3.21. The molecule has 1 aliphatic rings. The highest BCUT2D eigenvalue weighted by Crippen LogP contribution is 2.33. The van der Waals surface area contributed by atoms with E-state index in [1.165, 1.54) is 19.1 Å². The van der Waals surface area contributed by atoms with Crippen LogP contribution in [0.4, 0.5) is 19.0 Å². The van der Waals surface area contributed by atoms with Gasteiger partial charge in [0.25, 0.3) is 0 Å². The van der Waals surface area contributed by atoms with Gasteiger partial charge in [0.05, 0.1) is 5.56 Å². The number of carboxylic acid groups (broad SMARTS) is 1. The Bertz CT molecular complexity index is 1170. The first-order chi connectivity index (χ1) is 15.5. The number of nitrogens with one attached hydrogen (secondary N) is 1. The van der Waals surface area contributed by atoms with Gasteiger partial charge in [0.15, 0.2) is 11.5 Å². The smallest absolute Gasteiger partial charge is 0.416 e. The summed E-state index contributed by atoms with van der Waals surface area (Å²) in [6, 6.07) is 4.72. The van der Waals surface area contributed by atoms with Crippen LogP contribution >= 0.6 is 0 Å². The molecule has 2 heterocycles. The Labute approximate surface area is 187 Å². The number of alkyl halides is 3. The van der Waals surface area contributed by atoms with Crippen molar-refractivity contribution in [2.45, 2.75) is 58.0 Å². The highest BCUT2D eigenvalue weighted by molar-refractivity contribution is 5.90. The Morgan fingerprint density at radius 2 is 1.85 bits per heavy atom. The van der Waals surface area contributed by atoms with Crippen molar-refractivity contribution >= 4 is 23.0 Å². The lowest BCUT2D eigenvalue weighted by Crippen LogP contribution is -2.31. The number of carboxylic acids is 1. The van der Waals surface area contributed by atoms with E-state index < -0.39 is 29.6 Å². The van der Waals surface area contributed by atoms with Gasteiger partial charge < -0.3 is 20.1 Å². The molecule has 3 aromatic rings. The van der Waals surface area contributed by atoms with E-state index in [0.29, 0.717) is 17.0 Å². The fourth-order valence-electron chi connectivity index (χ4n) is 3.98. The molecule has 0 radical (unpaired) electrons. The number of nitrogens with zero attached hydrogens (tertiary/aromatic N) is 4. The van der Waals surface area contributed by atoms with Crippen molar-refractivity contribution in [1.82, 2.24) is 19.5 Å². The normalized spacial score (nSPS) is 16.4. The third-order valence-electron chi connectivity index (χ3n) is 6.04. The van der Waals surface area contributed by atoms with E-state index in [-0.39, 0.29) is 29.9 Å². The van der Waals surface area contributed by atoms with Crippen LogP contribution in [-0.4, -0.2) is 41.7 Å². The average Bonchev–Trinajstić information content (AvgIpc) is 3.05. The fourth-order valence-corrected chi connectivity index (χ4v) is 3.98. The van der Waals surface area contributed by atoms with Gasteiger partial charge in [-0.3, -0.25) is 0 Å². The van der Waals surface area contributed by atoms with Crippen LogP contribution in [0.5, 0.6) is 0 Å². The fraction of sp³-hybridized carbons (Fsp3) is 0.455. The number of hydrogen-bond acceptors (Lipinski definition) is 6. The number of aromatic nitrogens is 4. The molecule has 1 unspecified atom stereocenters. The summed E-state index contributed by atoms with van der Waals surface area (Å²) < 4.78 is 40.4. The Balaban J connectivity index is 1.81. The molecule has 4 rings (SSSR count). The second-order valence-corrected chi connectivity index (χ2v) is 8.42. The molecule has 0 saturated heterocycles. The van der Waals surface area contributed by atoms with E-state index in [2.05, 4.69) is 20.3 Å². The van der Waals surface area contributed by atoms with Gasteiger partial charge in [-0.05, 0) is 50.3 Å². The molecule has 0 amide bonds. The standard InChI is InChI=1S/C22H24F3N5O3/c1-11(14-4-3-5-14)26-17-16-18(28-19(27-17)21(32)33)29-20(12(2)31)30(16)10-13-6-8-15(9-7-13)22(23,24)25/h6-9,11-12,14,31H,3-5,10H2,1-2H3,(H,32,33)(H,26,27,28)/t11-,12?/m1/s1. The number of halogens is 3. The number of benzene rings is 1. The number of rotatable bonds is 7. The minimum atomic E-state index is -4.44. The summed E-state index contributed by atoms with van der Waals surface area (Å²) in [7, 11) is 0. The second-order valence-electron chi connectivity index (χ2n) is 8.42. The first-order valence-electron chi connectivity index (χ1n) is 10.7. The molecule has 1 aliphatic carbocycles.